The molecule has 0 saturated carbocycles. The molecule has 0 bridgehead atoms. The summed E-state index contributed by atoms with van der Waals surface area (Å²) in [6.45, 7) is 3.76. The van der Waals surface area contributed by atoms with Gasteiger partial charge in [-0.05, 0) is 37.6 Å². The molecular weight excluding hydrogens is 329 g/mol. The summed E-state index contributed by atoms with van der Waals surface area (Å²) in [4.78, 5) is 28.1. The number of pyridine rings is 1. The van der Waals surface area contributed by atoms with E-state index in [1.165, 1.54) is 24.3 Å². The van der Waals surface area contributed by atoms with Crippen LogP contribution in [0.1, 0.15) is 40.3 Å². The van der Waals surface area contributed by atoms with E-state index in [0.717, 1.165) is 5.56 Å². The lowest BCUT2D eigenvalue weighted by Gasteiger charge is -2.10. The van der Waals surface area contributed by atoms with Crippen LogP contribution < -0.4 is 4.74 Å². The molecule has 1 aromatic carbocycles. The van der Waals surface area contributed by atoms with Crippen molar-refractivity contribution in [2.75, 3.05) is 13.2 Å². The molecule has 7 heteroatoms. The molecule has 1 heterocycles. The quantitative estimate of drug-likeness (QED) is 0.716. The van der Waals surface area contributed by atoms with Crippen molar-refractivity contribution >= 4 is 11.9 Å². The summed E-state index contributed by atoms with van der Waals surface area (Å²) in [5.74, 6) is -1.60. The van der Waals surface area contributed by atoms with E-state index in [9.17, 15) is 14.0 Å². The molecule has 0 fully saturated rings. The lowest BCUT2D eigenvalue weighted by molar-refractivity contribution is 0.0472. The number of hydrogen-bond donors (Lipinski definition) is 0. The molecule has 0 aliphatic rings. The minimum Gasteiger partial charge on any atom is -0.473 e. The molecule has 0 aliphatic carbocycles. The number of carbonyl (C=O) groups excluding carboxylic acids is 2. The topological polar surface area (TPSA) is 74.7 Å². The Kier molecular flexibility index (Phi) is 6.45. The predicted molar refractivity (Wildman–Crippen MR) is 86.9 cm³/mol. The van der Waals surface area contributed by atoms with Gasteiger partial charge in [0.1, 0.15) is 12.4 Å². The van der Waals surface area contributed by atoms with E-state index >= 15 is 0 Å². The van der Waals surface area contributed by atoms with Crippen LogP contribution in [0.5, 0.6) is 5.88 Å². The summed E-state index contributed by atoms with van der Waals surface area (Å²) in [5.41, 5.74) is 0.571. The highest BCUT2D eigenvalue weighted by molar-refractivity contribution is 6.01. The molecule has 0 unspecified atom stereocenters. The fourth-order valence-corrected chi connectivity index (χ4v) is 1.99. The number of aromatic nitrogens is 1. The Morgan fingerprint density at radius 1 is 0.960 bits per heavy atom. The third-order valence-electron chi connectivity index (χ3n) is 3.13. The van der Waals surface area contributed by atoms with E-state index < -0.39 is 11.9 Å². The molecule has 0 N–H and O–H groups in total. The van der Waals surface area contributed by atoms with Crippen molar-refractivity contribution in [2.45, 2.75) is 20.5 Å². The van der Waals surface area contributed by atoms with Crippen LogP contribution in [-0.4, -0.2) is 30.1 Å². The average Bonchev–Trinajstić information content (AvgIpc) is 2.61. The number of ether oxygens (including phenoxy) is 3. The van der Waals surface area contributed by atoms with Crippen LogP contribution in [0.25, 0.3) is 0 Å². The van der Waals surface area contributed by atoms with Crippen LogP contribution in [0.4, 0.5) is 4.39 Å². The molecule has 25 heavy (non-hydrogen) atoms. The first-order valence-electron chi connectivity index (χ1n) is 7.77. The molecule has 0 spiro atoms. The van der Waals surface area contributed by atoms with Gasteiger partial charge in [0.2, 0.25) is 5.88 Å². The van der Waals surface area contributed by atoms with Gasteiger partial charge < -0.3 is 14.2 Å². The maximum absolute atomic E-state index is 12.9. The van der Waals surface area contributed by atoms with E-state index in [-0.39, 0.29) is 42.8 Å². The van der Waals surface area contributed by atoms with E-state index in [1.807, 2.05) is 0 Å². The summed E-state index contributed by atoms with van der Waals surface area (Å²) in [5, 5.41) is 0. The molecule has 132 valence electrons. The van der Waals surface area contributed by atoms with Gasteiger partial charge >= 0.3 is 11.9 Å². The van der Waals surface area contributed by atoms with Crippen LogP contribution in [0.2, 0.25) is 0 Å². The monoisotopic (exact) mass is 347 g/mol. The average molecular weight is 347 g/mol. The van der Waals surface area contributed by atoms with Crippen LogP contribution >= 0.6 is 0 Å². The minimum absolute atomic E-state index is 0.00873. The third-order valence-corrected chi connectivity index (χ3v) is 3.13. The van der Waals surface area contributed by atoms with Gasteiger partial charge in [-0.1, -0.05) is 12.1 Å². The fourth-order valence-electron chi connectivity index (χ4n) is 1.99. The first kappa shape index (κ1) is 18.4. The summed E-state index contributed by atoms with van der Waals surface area (Å²) in [6.07, 6.45) is 0. The van der Waals surface area contributed by atoms with Crippen molar-refractivity contribution in [3.63, 3.8) is 0 Å². The van der Waals surface area contributed by atoms with Crippen molar-refractivity contribution in [3.05, 3.63) is 59.0 Å². The Morgan fingerprint density at radius 2 is 1.60 bits per heavy atom. The van der Waals surface area contributed by atoms with Gasteiger partial charge in [-0.25, -0.2) is 19.0 Å². The zero-order valence-electron chi connectivity index (χ0n) is 14.0. The lowest BCUT2D eigenvalue weighted by Crippen LogP contribution is -2.16. The van der Waals surface area contributed by atoms with E-state index in [2.05, 4.69) is 4.98 Å². The Bertz CT molecular complexity index is 746. The fraction of sp³-hybridized carbons (Fsp3) is 0.278. The molecular formula is C18H18FNO5. The van der Waals surface area contributed by atoms with Crippen LogP contribution in [0.3, 0.4) is 0 Å². The summed E-state index contributed by atoms with van der Waals surface area (Å²) < 4.78 is 28.2. The first-order valence-corrected chi connectivity index (χ1v) is 7.77. The van der Waals surface area contributed by atoms with Gasteiger partial charge in [0.25, 0.3) is 0 Å². The number of carbonyl (C=O) groups is 2. The second-order valence-electron chi connectivity index (χ2n) is 4.90. The third kappa shape index (κ3) is 5.00. The molecule has 2 aromatic rings. The van der Waals surface area contributed by atoms with Crippen LogP contribution in [0, 0.1) is 5.82 Å². The maximum Gasteiger partial charge on any atom is 0.357 e. The number of hydrogen-bond acceptors (Lipinski definition) is 6. The SMILES string of the molecule is CCOC(=O)c1ccc(OCc2ccc(F)cc2)nc1C(=O)OCC. The zero-order chi connectivity index (χ0) is 18.2. The van der Waals surface area contributed by atoms with Crippen molar-refractivity contribution in [1.82, 2.24) is 4.98 Å². The van der Waals surface area contributed by atoms with Crippen molar-refractivity contribution < 1.29 is 28.2 Å². The maximum atomic E-state index is 12.9. The minimum atomic E-state index is -0.738. The highest BCUT2D eigenvalue weighted by atomic mass is 19.1. The molecule has 2 rings (SSSR count). The molecule has 0 amide bonds. The van der Waals surface area contributed by atoms with Crippen LogP contribution in [0.15, 0.2) is 36.4 Å². The van der Waals surface area contributed by atoms with Crippen molar-refractivity contribution in [2.24, 2.45) is 0 Å². The number of rotatable bonds is 7. The highest BCUT2D eigenvalue weighted by Crippen LogP contribution is 2.17. The van der Waals surface area contributed by atoms with Crippen molar-refractivity contribution in [3.8, 4) is 5.88 Å². The smallest absolute Gasteiger partial charge is 0.357 e. The number of esters is 2. The Morgan fingerprint density at radius 3 is 2.24 bits per heavy atom. The number of benzene rings is 1. The number of halogens is 1. The molecule has 1 aromatic heterocycles. The van der Waals surface area contributed by atoms with E-state index in [4.69, 9.17) is 14.2 Å². The van der Waals surface area contributed by atoms with E-state index in [1.54, 1.807) is 26.0 Å². The predicted octanol–water partition coefficient (Wildman–Crippen LogP) is 3.15. The lowest BCUT2D eigenvalue weighted by atomic mass is 10.2. The number of nitrogens with zero attached hydrogens (tertiary/aromatic N) is 1. The van der Waals surface area contributed by atoms with Crippen molar-refractivity contribution in [1.29, 1.82) is 0 Å². The van der Waals surface area contributed by atoms with Gasteiger partial charge in [-0.15, -0.1) is 0 Å². The van der Waals surface area contributed by atoms with Crippen LogP contribution in [-0.2, 0) is 16.1 Å². The Hall–Kier alpha value is -2.96. The zero-order valence-corrected chi connectivity index (χ0v) is 14.0. The molecule has 0 saturated heterocycles. The van der Waals surface area contributed by atoms with Gasteiger partial charge in [0.05, 0.1) is 18.8 Å². The highest BCUT2D eigenvalue weighted by Gasteiger charge is 2.22. The van der Waals surface area contributed by atoms with Gasteiger partial charge in [-0.3, -0.25) is 0 Å². The molecule has 0 atom stereocenters. The Balaban J connectivity index is 2.21. The largest absolute Gasteiger partial charge is 0.473 e. The summed E-state index contributed by atoms with van der Waals surface area (Å²) in [7, 11) is 0. The molecule has 6 nitrogen and oxygen atoms in total. The normalized spacial score (nSPS) is 10.2. The van der Waals surface area contributed by atoms with E-state index in [0.29, 0.717) is 0 Å². The molecule has 0 aliphatic heterocycles. The van der Waals surface area contributed by atoms with Gasteiger partial charge in [-0.2, -0.15) is 0 Å². The second kappa shape index (κ2) is 8.77. The summed E-state index contributed by atoms with van der Waals surface area (Å²) >= 11 is 0. The molecule has 0 radical (unpaired) electrons. The van der Waals surface area contributed by atoms with Gasteiger partial charge in [0, 0.05) is 6.07 Å². The first-order chi connectivity index (χ1) is 12.0. The van der Waals surface area contributed by atoms with Gasteiger partial charge in [0.15, 0.2) is 5.69 Å². The Labute approximate surface area is 144 Å². The second-order valence-corrected chi connectivity index (χ2v) is 4.90. The summed E-state index contributed by atoms with van der Waals surface area (Å²) in [6, 6.07) is 8.65. The standard InChI is InChI=1S/C18H18FNO5/c1-3-23-17(21)14-9-10-15(20-16(14)18(22)24-4-2)25-11-12-5-7-13(19)8-6-12/h5-10H,3-4,11H2,1-2H3.